The van der Waals surface area contributed by atoms with E-state index >= 15 is 0 Å². The summed E-state index contributed by atoms with van der Waals surface area (Å²) in [6.45, 7) is 5.49. The minimum atomic E-state index is -0.358. The zero-order chi connectivity index (χ0) is 20.8. The Morgan fingerprint density at radius 1 is 1.07 bits per heavy atom. The number of hydrogen-bond acceptors (Lipinski definition) is 3. The molecule has 6 heteroatoms. The van der Waals surface area contributed by atoms with Crippen molar-refractivity contribution >= 4 is 24.2 Å². The van der Waals surface area contributed by atoms with Crippen LogP contribution in [0.2, 0.25) is 0 Å². The van der Waals surface area contributed by atoms with Gasteiger partial charge in [0.05, 0.1) is 12.5 Å². The van der Waals surface area contributed by atoms with Crippen molar-refractivity contribution in [3.63, 3.8) is 0 Å². The summed E-state index contributed by atoms with van der Waals surface area (Å²) in [4.78, 5) is 27.6. The van der Waals surface area contributed by atoms with Gasteiger partial charge in [-0.3, -0.25) is 9.59 Å². The zero-order valence-electron chi connectivity index (χ0n) is 17.7. The number of aryl methyl sites for hydroxylation is 1. The lowest BCUT2D eigenvalue weighted by Gasteiger charge is -2.34. The molecule has 1 saturated heterocycles. The van der Waals surface area contributed by atoms with E-state index in [9.17, 15) is 9.59 Å². The van der Waals surface area contributed by atoms with Crippen molar-refractivity contribution in [1.29, 1.82) is 0 Å². The van der Waals surface area contributed by atoms with E-state index in [1.807, 2.05) is 73.3 Å². The molecule has 0 aliphatic carbocycles. The highest BCUT2D eigenvalue weighted by Gasteiger charge is 2.27. The fraction of sp³-hybridized carbons (Fsp3) is 0.417. The SMILES string of the molecule is Cc1ccc(C(=O)NC(CC(=O)N2CCC(C(C)N)CC2)c2ccccc2)cc1.Cl. The summed E-state index contributed by atoms with van der Waals surface area (Å²) >= 11 is 0. The van der Waals surface area contributed by atoms with E-state index in [0.29, 0.717) is 11.5 Å². The molecule has 2 aromatic carbocycles. The zero-order valence-corrected chi connectivity index (χ0v) is 18.5. The Kier molecular flexibility index (Phi) is 8.88. The fourth-order valence-corrected chi connectivity index (χ4v) is 3.86. The van der Waals surface area contributed by atoms with Gasteiger partial charge in [-0.05, 0) is 50.3 Å². The van der Waals surface area contributed by atoms with Gasteiger partial charge in [0.25, 0.3) is 5.91 Å². The maximum atomic E-state index is 13.0. The lowest BCUT2D eigenvalue weighted by Crippen LogP contribution is -2.43. The third-order valence-corrected chi connectivity index (χ3v) is 5.84. The van der Waals surface area contributed by atoms with Crippen LogP contribution in [-0.2, 0) is 4.79 Å². The molecule has 3 rings (SSSR count). The van der Waals surface area contributed by atoms with Gasteiger partial charge in [-0.25, -0.2) is 0 Å². The van der Waals surface area contributed by atoms with Gasteiger partial charge in [-0.2, -0.15) is 0 Å². The fourth-order valence-electron chi connectivity index (χ4n) is 3.86. The molecule has 1 aliphatic rings. The van der Waals surface area contributed by atoms with E-state index < -0.39 is 0 Å². The molecule has 0 bridgehead atoms. The van der Waals surface area contributed by atoms with Gasteiger partial charge in [-0.15, -0.1) is 12.4 Å². The van der Waals surface area contributed by atoms with Crippen LogP contribution < -0.4 is 11.1 Å². The number of hydrogen-bond donors (Lipinski definition) is 2. The number of nitrogens with two attached hydrogens (primary N) is 1. The first kappa shape index (κ1) is 23.9. The molecule has 30 heavy (non-hydrogen) atoms. The number of benzene rings is 2. The number of likely N-dealkylation sites (tertiary alicyclic amines) is 1. The highest BCUT2D eigenvalue weighted by Crippen LogP contribution is 2.23. The quantitative estimate of drug-likeness (QED) is 0.731. The Labute approximate surface area is 185 Å². The molecule has 162 valence electrons. The molecule has 0 spiro atoms. The highest BCUT2D eigenvalue weighted by atomic mass is 35.5. The lowest BCUT2D eigenvalue weighted by molar-refractivity contribution is -0.133. The van der Waals surface area contributed by atoms with Crippen LogP contribution in [0.4, 0.5) is 0 Å². The van der Waals surface area contributed by atoms with Gasteiger partial charge in [0.2, 0.25) is 5.91 Å². The average Bonchev–Trinajstić information content (AvgIpc) is 2.74. The number of nitrogens with zero attached hydrogens (tertiary/aromatic N) is 1. The molecule has 1 fully saturated rings. The third-order valence-electron chi connectivity index (χ3n) is 5.84. The topological polar surface area (TPSA) is 75.4 Å². The number of carbonyl (C=O) groups is 2. The average molecular weight is 430 g/mol. The van der Waals surface area contributed by atoms with E-state index in [0.717, 1.165) is 37.1 Å². The second kappa shape index (κ2) is 11.1. The summed E-state index contributed by atoms with van der Waals surface area (Å²) in [7, 11) is 0. The molecule has 5 nitrogen and oxygen atoms in total. The standard InChI is InChI=1S/C24H31N3O2.ClH/c1-17-8-10-21(11-9-17)24(29)26-22(20-6-4-3-5-7-20)16-23(28)27-14-12-19(13-15-27)18(2)25;/h3-11,18-19,22H,12-16,25H2,1-2H3,(H,26,29);1H. The predicted molar refractivity (Wildman–Crippen MR) is 123 cm³/mol. The molecule has 2 atom stereocenters. The van der Waals surface area contributed by atoms with Crippen molar-refractivity contribution < 1.29 is 9.59 Å². The lowest BCUT2D eigenvalue weighted by atomic mass is 9.90. The summed E-state index contributed by atoms with van der Waals surface area (Å²) < 4.78 is 0. The monoisotopic (exact) mass is 429 g/mol. The second-order valence-corrected chi connectivity index (χ2v) is 8.08. The van der Waals surface area contributed by atoms with E-state index in [1.54, 1.807) is 0 Å². The van der Waals surface area contributed by atoms with Gasteiger partial charge in [-0.1, -0.05) is 48.0 Å². The summed E-state index contributed by atoms with van der Waals surface area (Å²) in [5.74, 6) is 0.388. The molecule has 3 N–H and O–H groups in total. The van der Waals surface area contributed by atoms with Crippen molar-refractivity contribution in [3.05, 3.63) is 71.3 Å². The van der Waals surface area contributed by atoms with Crippen molar-refractivity contribution in [2.75, 3.05) is 13.1 Å². The van der Waals surface area contributed by atoms with Crippen molar-refractivity contribution in [3.8, 4) is 0 Å². The molecule has 1 aliphatic heterocycles. The second-order valence-electron chi connectivity index (χ2n) is 8.08. The Morgan fingerprint density at radius 2 is 1.67 bits per heavy atom. The van der Waals surface area contributed by atoms with Crippen LogP contribution >= 0.6 is 12.4 Å². The van der Waals surface area contributed by atoms with Gasteiger partial charge in [0.1, 0.15) is 0 Å². The first-order chi connectivity index (χ1) is 13.9. The molecular formula is C24H32ClN3O2. The van der Waals surface area contributed by atoms with E-state index in [2.05, 4.69) is 5.32 Å². The Morgan fingerprint density at radius 3 is 2.23 bits per heavy atom. The Bertz CT molecular complexity index is 816. The molecule has 2 amide bonds. The molecule has 2 unspecified atom stereocenters. The first-order valence-corrected chi connectivity index (χ1v) is 10.4. The van der Waals surface area contributed by atoms with Gasteiger partial charge >= 0.3 is 0 Å². The summed E-state index contributed by atoms with van der Waals surface area (Å²) in [6, 6.07) is 17.0. The normalized spacial score (nSPS) is 16.3. The molecule has 2 aromatic rings. The van der Waals surface area contributed by atoms with Crippen molar-refractivity contribution in [1.82, 2.24) is 10.2 Å². The van der Waals surface area contributed by atoms with Crippen molar-refractivity contribution in [2.24, 2.45) is 11.7 Å². The first-order valence-electron chi connectivity index (χ1n) is 10.4. The molecule has 1 heterocycles. The van der Waals surface area contributed by atoms with Crippen LogP contribution in [0.1, 0.15) is 53.7 Å². The summed E-state index contributed by atoms with van der Waals surface area (Å²) in [5.41, 5.74) is 8.65. The predicted octanol–water partition coefficient (Wildman–Crippen LogP) is 3.86. The Balaban J connectivity index is 0.00000320. The van der Waals surface area contributed by atoms with Crippen LogP contribution in [0, 0.1) is 12.8 Å². The maximum Gasteiger partial charge on any atom is 0.251 e. The maximum absolute atomic E-state index is 13.0. The van der Waals surface area contributed by atoms with Gasteiger partial charge in [0.15, 0.2) is 0 Å². The summed E-state index contributed by atoms with van der Waals surface area (Å²) in [6.07, 6.45) is 2.13. The van der Waals surface area contributed by atoms with Crippen LogP contribution in [-0.4, -0.2) is 35.8 Å². The number of amides is 2. The molecule has 0 saturated carbocycles. The van der Waals surface area contributed by atoms with Crippen LogP contribution in [0.15, 0.2) is 54.6 Å². The largest absolute Gasteiger partial charge is 0.345 e. The minimum Gasteiger partial charge on any atom is -0.345 e. The number of nitrogens with one attached hydrogen (secondary N) is 1. The summed E-state index contributed by atoms with van der Waals surface area (Å²) in [5, 5.41) is 3.06. The van der Waals surface area contributed by atoms with E-state index in [4.69, 9.17) is 5.73 Å². The van der Waals surface area contributed by atoms with Crippen LogP contribution in [0.5, 0.6) is 0 Å². The Hall–Kier alpha value is -2.37. The highest BCUT2D eigenvalue weighted by molar-refractivity contribution is 5.94. The van der Waals surface area contributed by atoms with Gasteiger partial charge < -0.3 is 16.0 Å². The third kappa shape index (κ3) is 6.31. The molecule has 0 radical (unpaired) electrons. The smallest absolute Gasteiger partial charge is 0.251 e. The number of rotatable bonds is 6. The van der Waals surface area contributed by atoms with Crippen LogP contribution in [0.3, 0.4) is 0 Å². The van der Waals surface area contributed by atoms with E-state index in [1.165, 1.54) is 0 Å². The minimum absolute atomic E-state index is 0. The van der Waals surface area contributed by atoms with Crippen molar-refractivity contribution in [2.45, 2.75) is 45.2 Å². The number of carbonyl (C=O) groups excluding carboxylic acids is 2. The number of piperidine rings is 1. The van der Waals surface area contributed by atoms with E-state index in [-0.39, 0.29) is 42.7 Å². The molecule has 0 aromatic heterocycles. The van der Waals surface area contributed by atoms with Crippen LogP contribution in [0.25, 0.3) is 0 Å². The number of halogens is 1. The molecular weight excluding hydrogens is 398 g/mol. The van der Waals surface area contributed by atoms with Gasteiger partial charge in [0, 0.05) is 24.7 Å².